The molecule has 0 bridgehead atoms. The fourth-order valence-electron chi connectivity index (χ4n) is 4.42. The van der Waals surface area contributed by atoms with E-state index >= 15 is 0 Å². The van der Waals surface area contributed by atoms with Gasteiger partial charge >= 0.3 is 0 Å². The van der Waals surface area contributed by atoms with Crippen molar-refractivity contribution in [1.82, 2.24) is 14.2 Å². The third-order valence-corrected chi connectivity index (χ3v) is 9.65. The van der Waals surface area contributed by atoms with Crippen LogP contribution < -0.4 is 14.4 Å². The molecule has 1 amide bonds. The Morgan fingerprint density at radius 1 is 1.03 bits per heavy atom. The fraction of sp³-hybridized carbons (Fsp3) is 0.462. The van der Waals surface area contributed by atoms with Crippen LogP contribution in [0.3, 0.4) is 0 Å². The number of amides is 1. The Morgan fingerprint density at radius 2 is 1.73 bits per heavy atom. The van der Waals surface area contributed by atoms with Gasteiger partial charge in [0.15, 0.2) is 16.6 Å². The molecular formula is C26H34N4O5S2. The molecule has 2 aromatic carbocycles. The van der Waals surface area contributed by atoms with E-state index in [1.807, 2.05) is 26.0 Å². The summed E-state index contributed by atoms with van der Waals surface area (Å²) >= 11 is 1.59. The van der Waals surface area contributed by atoms with Crippen molar-refractivity contribution in [1.29, 1.82) is 0 Å². The lowest BCUT2D eigenvalue weighted by atomic mass is 10.2. The van der Waals surface area contributed by atoms with E-state index in [1.54, 1.807) is 42.6 Å². The van der Waals surface area contributed by atoms with Gasteiger partial charge in [-0.3, -0.25) is 4.79 Å². The van der Waals surface area contributed by atoms with Gasteiger partial charge in [-0.1, -0.05) is 31.6 Å². The van der Waals surface area contributed by atoms with Crippen LogP contribution in [0.15, 0.2) is 41.3 Å². The van der Waals surface area contributed by atoms with Crippen LogP contribution in [0.25, 0.3) is 10.2 Å². The fourth-order valence-corrected chi connectivity index (χ4v) is 6.92. The second-order valence-corrected chi connectivity index (χ2v) is 11.7. The Balaban J connectivity index is 1.42. The molecule has 200 valence electrons. The molecule has 3 aromatic rings. The Morgan fingerprint density at radius 3 is 2.32 bits per heavy atom. The maximum atomic E-state index is 13.1. The summed E-state index contributed by atoms with van der Waals surface area (Å²) in [5.74, 6) is 1.16. The molecule has 1 saturated heterocycles. The lowest BCUT2D eigenvalue weighted by Crippen LogP contribution is -2.48. The van der Waals surface area contributed by atoms with E-state index in [0.29, 0.717) is 56.3 Å². The number of carbonyl (C=O) groups excluding carboxylic acids is 1. The molecule has 1 aliphatic rings. The zero-order chi connectivity index (χ0) is 26.6. The highest BCUT2D eigenvalue weighted by Gasteiger charge is 2.26. The number of methoxy groups -OCH3 is 2. The summed E-state index contributed by atoms with van der Waals surface area (Å²) in [4.78, 5) is 22.1. The SMILES string of the molecule is CCCCN(CC)S(=O)(=O)c1ccc(C(=O)N2CCN(c3nc4c(OC)c(OC)ccc4s3)CC2)cc1. The van der Waals surface area contributed by atoms with Gasteiger partial charge in [-0.15, -0.1) is 0 Å². The van der Waals surface area contributed by atoms with Crippen LogP contribution in [0.5, 0.6) is 11.5 Å². The number of rotatable bonds is 10. The quantitative estimate of drug-likeness (QED) is 0.378. The minimum atomic E-state index is -3.57. The topological polar surface area (TPSA) is 92.3 Å². The largest absolute Gasteiger partial charge is 0.493 e. The van der Waals surface area contributed by atoms with Crippen LogP contribution in [0.1, 0.15) is 37.0 Å². The number of sulfonamides is 1. The predicted octanol–water partition coefficient (Wildman–Crippen LogP) is 4.09. The molecule has 11 heteroatoms. The van der Waals surface area contributed by atoms with E-state index in [9.17, 15) is 13.2 Å². The molecule has 0 atom stereocenters. The van der Waals surface area contributed by atoms with Crippen molar-refractivity contribution in [3.63, 3.8) is 0 Å². The van der Waals surface area contributed by atoms with Gasteiger partial charge in [0, 0.05) is 44.8 Å². The molecule has 1 aliphatic heterocycles. The molecule has 0 spiro atoms. The van der Waals surface area contributed by atoms with E-state index in [2.05, 4.69) is 4.90 Å². The van der Waals surface area contributed by atoms with Crippen LogP contribution in [-0.4, -0.2) is 82.0 Å². The van der Waals surface area contributed by atoms with Gasteiger partial charge in [-0.25, -0.2) is 13.4 Å². The number of nitrogens with zero attached hydrogens (tertiary/aromatic N) is 4. The Hall–Kier alpha value is -2.89. The number of anilines is 1. The van der Waals surface area contributed by atoms with E-state index in [4.69, 9.17) is 14.5 Å². The molecule has 0 unspecified atom stereocenters. The molecule has 1 aromatic heterocycles. The number of piperazine rings is 1. The first-order chi connectivity index (χ1) is 17.8. The van der Waals surface area contributed by atoms with Crippen LogP contribution in [0.2, 0.25) is 0 Å². The number of ether oxygens (including phenoxy) is 2. The van der Waals surface area contributed by atoms with Gasteiger partial charge in [0.05, 0.1) is 23.8 Å². The van der Waals surface area contributed by atoms with Gasteiger partial charge in [-0.05, 0) is 42.8 Å². The summed E-state index contributed by atoms with van der Waals surface area (Å²) in [6.45, 7) is 7.20. The van der Waals surface area contributed by atoms with E-state index in [1.165, 1.54) is 16.4 Å². The minimum Gasteiger partial charge on any atom is -0.493 e. The highest BCUT2D eigenvalue weighted by atomic mass is 32.2. The number of unbranched alkanes of at least 4 members (excludes halogenated alkanes) is 1. The number of carbonyl (C=O) groups is 1. The van der Waals surface area contributed by atoms with Crippen molar-refractivity contribution < 1.29 is 22.7 Å². The lowest BCUT2D eigenvalue weighted by molar-refractivity contribution is 0.0746. The second-order valence-electron chi connectivity index (χ2n) is 8.80. The molecule has 37 heavy (non-hydrogen) atoms. The summed E-state index contributed by atoms with van der Waals surface area (Å²) in [6, 6.07) is 10.2. The number of aromatic nitrogens is 1. The Bertz CT molecular complexity index is 1330. The first-order valence-electron chi connectivity index (χ1n) is 12.5. The first kappa shape index (κ1) is 27.2. The average Bonchev–Trinajstić information content (AvgIpc) is 3.37. The molecule has 0 radical (unpaired) electrons. The highest BCUT2D eigenvalue weighted by Crippen LogP contribution is 2.40. The Labute approximate surface area is 222 Å². The van der Waals surface area contributed by atoms with Crippen LogP contribution >= 0.6 is 11.3 Å². The number of thiazole rings is 1. The van der Waals surface area contributed by atoms with E-state index < -0.39 is 10.0 Å². The number of hydrogen-bond donors (Lipinski definition) is 0. The van der Waals surface area contributed by atoms with Gasteiger partial charge in [0.2, 0.25) is 10.0 Å². The highest BCUT2D eigenvalue weighted by molar-refractivity contribution is 7.89. The standard InChI is InChI=1S/C26H34N4O5S2/c1-5-7-14-30(6-2)37(32,33)20-10-8-19(9-11-20)25(31)28-15-17-29(18-16-28)26-27-23-22(36-26)13-12-21(34-3)24(23)35-4/h8-13H,5-7,14-18H2,1-4H3. The third-order valence-electron chi connectivity index (χ3n) is 6.58. The van der Waals surface area contributed by atoms with Crippen LogP contribution in [0.4, 0.5) is 5.13 Å². The number of fused-ring (bicyclic) bond motifs is 1. The van der Waals surface area contributed by atoms with Crippen molar-refractivity contribution in [2.24, 2.45) is 0 Å². The average molecular weight is 547 g/mol. The molecule has 4 rings (SSSR count). The lowest BCUT2D eigenvalue weighted by Gasteiger charge is -2.34. The molecule has 9 nitrogen and oxygen atoms in total. The zero-order valence-corrected chi connectivity index (χ0v) is 23.4. The molecule has 0 saturated carbocycles. The van der Waals surface area contributed by atoms with Gasteiger partial charge in [0.25, 0.3) is 5.91 Å². The molecule has 2 heterocycles. The maximum Gasteiger partial charge on any atom is 0.253 e. The van der Waals surface area contributed by atoms with Crippen molar-refractivity contribution in [2.45, 2.75) is 31.6 Å². The summed E-state index contributed by atoms with van der Waals surface area (Å²) in [6.07, 6.45) is 1.74. The van der Waals surface area contributed by atoms with Crippen LogP contribution in [-0.2, 0) is 10.0 Å². The van der Waals surface area contributed by atoms with Crippen molar-refractivity contribution >= 4 is 42.6 Å². The van der Waals surface area contributed by atoms with E-state index in [0.717, 1.165) is 28.2 Å². The third kappa shape index (κ3) is 5.53. The summed E-state index contributed by atoms with van der Waals surface area (Å²) < 4.78 is 39.3. The number of benzene rings is 2. The smallest absolute Gasteiger partial charge is 0.253 e. The molecule has 1 fully saturated rings. The monoisotopic (exact) mass is 546 g/mol. The maximum absolute atomic E-state index is 13.1. The summed E-state index contributed by atoms with van der Waals surface area (Å²) in [7, 11) is -0.360. The molecule has 0 N–H and O–H groups in total. The zero-order valence-electron chi connectivity index (χ0n) is 21.8. The normalized spacial score (nSPS) is 14.4. The van der Waals surface area contributed by atoms with Gasteiger partial charge in [0.1, 0.15) is 5.52 Å². The van der Waals surface area contributed by atoms with Gasteiger partial charge < -0.3 is 19.3 Å². The van der Waals surface area contributed by atoms with Crippen molar-refractivity contribution in [3.05, 3.63) is 42.0 Å². The first-order valence-corrected chi connectivity index (χ1v) is 14.8. The van der Waals surface area contributed by atoms with Crippen LogP contribution in [0, 0.1) is 0 Å². The van der Waals surface area contributed by atoms with Gasteiger partial charge in [-0.2, -0.15) is 4.31 Å². The van der Waals surface area contributed by atoms with E-state index in [-0.39, 0.29) is 10.8 Å². The number of hydrogen-bond acceptors (Lipinski definition) is 8. The molecule has 0 aliphatic carbocycles. The predicted molar refractivity (Wildman–Crippen MR) is 147 cm³/mol. The Kier molecular flexibility index (Phi) is 8.56. The summed E-state index contributed by atoms with van der Waals surface area (Å²) in [5, 5.41) is 0.881. The van der Waals surface area contributed by atoms with Crippen molar-refractivity contribution in [2.75, 3.05) is 58.4 Å². The minimum absolute atomic E-state index is 0.0994. The second kappa shape index (κ2) is 11.7. The van der Waals surface area contributed by atoms with Crippen molar-refractivity contribution in [3.8, 4) is 11.5 Å². The summed E-state index contributed by atoms with van der Waals surface area (Å²) in [5.41, 5.74) is 1.26. The molecular weight excluding hydrogens is 512 g/mol.